The van der Waals surface area contributed by atoms with E-state index in [1.54, 1.807) is 30.0 Å². The predicted octanol–water partition coefficient (Wildman–Crippen LogP) is 6.18. The van der Waals surface area contributed by atoms with Gasteiger partial charge in [0, 0.05) is 47.7 Å². The number of benzene rings is 2. The molecule has 8 rings (SSSR count). The van der Waals surface area contributed by atoms with Crippen molar-refractivity contribution in [3.8, 4) is 28.7 Å². The molecule has 0 atom stereocenters. The van der Waals surface area contributed by atoms with Gasteiger partial charge in [-0.2, -0.15) is 13.2 Å². The third-order valence-corrected chi connectivity index (χ3v) is 9.40. The van der Waals surface area contributed by atoms with E-state index in [4.69, 9.17) is 14.7 Å². The summed E-state index contributed by atoms with van der Waals surface area (Å²) in [7, 11) is -2.00. The first-order valence-electron chi connectivity index (χ1n) is 15.4. The van der Waals surface area contributed by atoms with Gasteiger partial charge in [-0.1, -0.05) is 24.3 Å². The molecule has 1 aliphatic heterocycles. The summed E-state index contributed by atoms with van der Waals surface area (Å²) in [6.45, 7) is 0.771. The maximum Gasteiger partial charge on any atom is 0.434 e. The molecule has 1 N–H and O–H groups in total. The van der Waals surface area contributed by atoms with Crippen molar-refractivity contribution in [3.05, 3.63) is 77.6 Å². The minimum atomic E-state index is -4.53. The Morgan fingerprint density at radius 2 is 1.88 bits per heavy atom. The van der Waals surface area contributed by atoms with E-state index in [0.717, 1.165) is 58.4 Å². The van der Waals surface area contributed by atoms with E-state index in [9.17, 15) is 21.6 Å². The summed E-state index contributed by atoms with van der Waals surface area (Å²) in [6, 6.07) is 11.0. The first-order chi connectivity index (χ1) is 23.0. The second kappa shape index (κ2) is 11.0. The number of imidazole rings is 1. The summed E-state index contributed by atoms with van der Waals surface area (Å²) in [5.41, 5.74) is 4.77. The number of hydrogen-bond donors (Lipinski definition) is 1. The Morgan fingerprint density at radius 1 is 1.04 bits per heavy atom. The first kappa shape index (κ1) is 30.3. The quantitative estimate of drug-likeness (QED) is 0.213. The maximum absolute atomic E-state index is 13.5. The highest BCUT2D eigenvalue weighted by molar-refractivity contribution is 7.92. The summed E-state index contributed by atoms with van der Waals surface area (Å²) in [6.07, 6.45) is 4.21. The van der Waals surface area contributed by atoms with E-state index in [1.165, 1.54) is 6.33 Å². The summed E-state index contributed by atoms with van der Waals surface area (Å²) in [5, 5.41) is 1.59. The molecule has 0 bridgehead atoms. The molecular weight excluding hydrogens is 645 g/mol. The van der Waals surface area contributed by atoms with Crippen molar-refractivity contribution >= 4 is 37.6 Å². The lowest BCUT2D eigenvalue weighted by atomic mass is 10.00. The van der Waals surface area contributed by atoms with E-state index < -0.39 is 21.9 Å². The molecule has 11 nitrogen and oxygen atoms in total. The molecule has 246 valence electrons. The lowest BCUT2D eigenvalue weighted by Gasteiger charge is -2.13. The summed E-state index contributed by atoms with van der Waals surface area (Å²) in [5.74, 6) is 1.37. The van der Waals surface area contributed by atoms with Crippen LogP contribution in [0.1, 0.15) is 47.7 Å². The van der Waals surface area contributed by atoms with Gasteiger partial charge in [0.25, 0.3) is 0 Å². The summed E-state index contributed by atoms with van der Waals surface area (Å²) < 4.78 is 76.5. The number of aromatic nitrogens is 7. The molecule has 6 aromatic rings. The molecule has 1 aliphatic carbocycles. The standard InChI is InChI=1S/C33H29F3N8O3S/c1-47-32-27(28(19-6-7-19)38-17-39-32)29-37-14-24-23-10-8-21(42-48(2,45)46)13-25(23)44(31(24)41-29)15-18-5-9-22-20(12-18)4-3-11-43-16-26(33(34,35)36)40-30(22)43/h5,8-10,12-14,16-17,19,42H,3-4,6-7,11,15H2,1-2H3. The molecule has 0 saturated heterocycles. The zero-order valence-electron chi connectivity index (χ0n) is 25.9. The topological polar surface area (TPSA) is 130 Å². The van der Waals surface area contributed by atoms with Crippen LogP contribution in [0.4, 0.5) is 18.9 Å². The second-order valence-electron chi connectivity index (χ2n) is 12.3. The number of alkyl halides is 3. The van der Waals surface area contributed by atoms with Crippen molar-refractivity contribution in [2.45, 2.75) is 50.9 Å². The highest BCUT2D eigenvalue weighted by atomic mass is 32.2. The molecule has 4 aromatic heterocycles. The number of ether oxygens (including phenoxy) is 1. The van der Waals surface area contributed by atoms with Crippen LogP contribution in [-0.2, 0) is 35.7 Å². The number of fused-ring (bicyclic) bond motifs is 6. The number of anilines is 1. The van der Waals surface area contributed by atoms with Crippen LogP contribution >= 0.6 is 0 Å². The third-order valence-electron chi connectivity index (χ3n) is 8.79. The summed E-state index contributed by atoms with van der Waals surface area (Å²) in [4.78, 5) is 22.6. The van der Waals surface area contributed by atoms with Gasteiger partial charge in [0.2, 0.25) is 15.9 Å². The monoisotopic (exact) mass is 674 g/mol. The number of hydrogen-bond acceptors (Lipinski definition) is 8. The molecule has 0 unspecified atom stereocenters. The first-order valence-corrected chi connectivity index (χ1v) is 17.3. The Bertz CT molecular complexity index is 2360. The Hall–Kier alpha value is -5.05. The minimum absolute atomic E-state index is 0.272. The number of nitrogens with zero attached hydrogens (tertiary/aromatic N) is 7. The average Bonchev–Trinajstić information content (AvgIpc) is 3.77. The zero-order valence-corrected chi connectivity index (χ0v) is 26.7. The van der Waals surface area contributed by atoms with Crippen molar-refractivity contribution in [2.75, 3.05) is 18.1 Å². The van der Waals surface area contributed by atoms with E-state index >= 15 is 0 Å². The third kappa shape index (κ3) is 5.41. The molecule has 0 radical (unpaired) electrons. The Labute approximate surface area is 272 Å². The van der Waals surface area contributed by atoms with E-state index in [0.29, 0.717) is 65.9 Å². The molecule has 0 amide bonds. The number of halogens is 3. The van der Waals surface area contributed by atoms with Crippen LogP contribution in [0.25, 0.3) is 44.7 Å². The largest absolute Gasteiger partial charge is 0.480 e. The van der Waals surface area contributed by atoms with Crippen molar-refractivity contribution in [2.24, 2.45) is 0 Å². The van der Waals surface area contributed by atoms with E-state index in [1.807, 2.05) is 28.8 Å². The van der Waals surface area contributed by atoms with Crippen molar-refractivity contribution < 1.29 is 26.3 Å². The Kier molecular flexibility index (Phi) is 6.95. The van der Waals surface area contributed by atoms with Gasteiger partial charge in [0.15, 0.2) is 11.5 Å². The molecule has 1 fully saturated rings. The molecule has 5 heterocycles. The zero-order chi connectivity index (χ0) is 33.4. The van der Waals surface area contributed by atoms with Gasteiger partial charge >= 0.3 is 6.18 Å². The predicted molar refractivity (Wildman–Crippen MR) is 173 cm³/mol. The van der Waals surface area contributed by atoms with Crippen LogP contribution in [0.2, 0.25) is 0 Å². The fourth-order valence-electron chi connectivity index (χ4n) is 6.57. The van der Waals surface area contributed by atoms with Gasteiger partial charge in [-0.25, -0.2) is 33.3 Å². The van der Waals surface area contributed by atoms with Gasteiger partial charge in [-0.3, -0.25) is 4.72 Å². The van der Waals surface area contributed by atoms with Crippen LogP contribution in [0.15, 0.2) is 55.1 Å². The van der Waals surface area contributed by atoms with Crippen LogP contribution in [0.3, 0.4) is 0 Å². The highest BCUT2D eigenvalue weighted by Crippen LogP contribution is 2.45. The fraction of sp³-hybridized carbons (Fsp3) is 0.303. The van der Waals surface area contributed by atoms with Gasteiger partial charge in [0.1, 0.15) is 23.4 Å². The Morgan fingerprint density at radius 3 is 2.62 bits per heavy atom. The van der Waals surface area contributed by atoms with E-state index in [2.05, 4.69) is 19.7 Å². The second-order valence-corrected chi connectivity index (χ2v) is 14.0. The molecule has 15 heteroatoms. The van der Waals surface area contributed by atoms with Gasteiger partial charge in [-0.05, 0) is 48.9 Å². The van der Waals surface area contributed by atoms with Crippen LogP contribution in [0.5, 0.6) is 5.88 Å². The molecule has 2 aromatic carbocycles. The van der Waals surface area contributed by atoms with Gasteiger partial charge in [-0.15, -0.1) is 0 Å². The van der Waals surface area contributed by atoms with Crippen molar-refractivity contribution in [3.63, 3.8) is 0 Å². The average molecular weight is 675 g/mol. The van der Waals surface area contributed by atoms with Crippen molar-refractivity contribution in [1.29, 1.82) is 0 Å². The van der Waals surface area contributed by atoms with E-state index in [-0.39, 0.29) is 5.92 Å². The lowest BCUT2D eigenvalue weighted by molar-refractivity contribution is -0.140. The van der Waals surface area contributed by atoms with Crippen LogP contribution < -0.4 is 9.46 Å². The number of nitrogens with one attached hydrogen (secondary N) is 1. The maximum atomic E-state index is 13.5. The van der Waals surface area contributed by atoms with Crippen LogP contribution in [-0.4, -0.2) is 55.8 Å². The fourth-order valence-corrected chi connectivity index (χ4v) is 7.12. The summed E-state index contributed by atoms with van der Waals surface area (Å²) >= 11 is 0. The number of methoxy groups -OCH3 is 1. The van der Waals surface area contributed by atoms with Gasteiger partial charge in [0.05, 0.1) is 30.3 Å². The molecule has 1 saturated carbocycles. The smallest absolute Gasteiger partial charge is 0.434 e. The Balaban J connectivity index is 1.28. The lowest BCUT2D eigenvalue weighted by Crippen LogP contribution is -2.09. The number of rotatable bonds is 7. The molecule has 48 heavy (non-hydrogen) atoms. The molecule has 2 aliphatic rings. The number of sulfonamides is 1. The normalized spacial score (nSPS) is 14.9. The highest BCUT2D eigenvalue weighted by Gasteiger charge is 2.36. The minimum Gasteiger partial charge on any atom is -0.480 e. The number of aryl methyl sites for hydroxylation is 2. The van der Waals surface area contributed by atoms with Crippen molar-refractivity contribution in [1.82, 2.24) is 34.1 Å². The molecular formula is C33H29F3N8O3S. The molecule has 0 spiro atoms. The van der Waals surface area contributed by atoms with Crippen LogP contribution in [0, 0.1) is 0 Å². The SMILES string of the molecule is COc1ncnc(C2CC2)c1-c1ncc2c3ccc(NS(C)(=O)=O)cc3n(Cc3ccc4c(c3)CCCn3cc(C(F)(F)F)nc3-4)c2n1. The van der Waals surface area contributed by atoms with Gasteiger partial charge < -0.3 is 13.9 Å².